The number of nitrogens with one attached hydrogen (secondary N) is 2. The highest BCUT2D eigenvalue weighted by Gasteiger charge is 2.39. The van der Waals surface area contributed by atoms with Crippen LogP contribution >= 0.6 is 35.4 Å². The number of nitrogens with zero attached hydrogens (tertiary/aromatic N) is 1. The third-order valence-electron chi connectivity index (χ3n) is 4.48. The standard InChI is InChI=1S/C15H17Cl2N3OS/c16-11-5-10(14(21)12(17)6-11)7-18-20-15(22)19-13-4-8-1-2-9(13)3-8/h5-9,13,21H,1-4H2,(H2,19,20,22)/b18-7+/t8-,9+,13+/m0/s1. The summed E-state index contributed by atoms with van der Waals surface area (Å²) in [6.07, 6.45) is 6.61. The lowest BCUT2D eigenvalue weighted by Gasteiger charge is -2.23. The van der Waals surface area contributed by atoms with Gasteiger partial charge in [-0.15, -0.1) is 0 Å². The van der Waals surface area contributed by atoms with Crippen molar-refractivity contribution in [1.29, 1.82) is 0 Å². The van der Waals surface area contributed by atoms with Gasteiger partial charge >= 0.3 is 0 Å². The number of fused-ring (bicyclic) bond motifs is 2. The largest absolute Gasteiger partial charge is 0.506 e. The van der Waals surface area contributed by atoms with Gasteiger partial charge in [-0.25, -0.2) is 0 Å². The summed E-state index contributed by atoms with van der Waals surface area (Å²) < 4.78 is 0. The van der Waals surface area contributed by atoms with Gasteiger partial charge in [0.2, 0.25) is 0 Å². The van der Waals surface area contributed by atoms with Crippen molar-refractivity contribution in [2.45, 2.75) is 31.7 Å². The molecule has 2 bridgehead atoms. The van der Waals surface area contributed by atoms with Crippen molar-refractivity contribution in [3.05, 3.63) is 27.7 Å². The fraction of sp³-hybridized carbons (Fsp3) is 0.467. The second kappa shape index (κ2) is 6.60. The Bertz CT molecular complexity index is 623. The highest BCUT2D eigenvalue weighted by Crippen LogP contribution is 2.44. The summed E-state index contributed by atoms with van der Waals surface area (Å²) in [7, 11) is 0. The Morgan fingerprint density at radius 1 is 1.32 bits per heavy atom. The lowest BCUT2D eigenvalue weighted by molar-refractivity contribution is 0.389. The summed E-state index contributed by atoms with van der Waals surface area (Å²) in [6, 6.07) is 3.52. The molecule has 3 N–H and O–H groups in total. The second-order valence-corrected chi connectivity index (χ2v) is 7.20. The molecule has 3 atom stereocenters. The lowest BCUT2D eigenvalue weighted by atomic mass is 9.96. The van der Waals surface area contributed by atoms with Gasteiger partial charge < -0.3 is 10.4 Å². The molecule has 118 valence electrons. The average Bonchev–Trinajstić information content (AvgIpc) is 3.06. The van der Waals surface area contributed by atoms with Crippen LogP contribution in [0.1, 0.15) is 31.2 Å². The Labute approximate surface area is 144 Å². The molecule has 2 aliphatic rings. The van der Waals surface area contributed by atoms with E-state index < -0.39 is 0 Å². The van der Waals surface area contributed by atoms with Gasteiger partial charge in [0.1, 0.15) is 5.75 Å². The third kappa shape index (κ3) is 3.47. The zero-order chi connectivity index (χ0) is 15.7. The molecular weight excluding hydrogens is 341 g/mol. The van der Waals surface area contributed by atoms with E-state index >= 15 is 0 Å². The minimum absolute atomic E-state index is 0.0522. The summed E-state index contributed by atoms with van der Waals surface area (Å²) in [5.41, 5.74) is 3.21. The lowest BCUT2D eigenvalue weighted by Crippen LogP contribution is -2.42. The first-order chi connectivity index (χ1) is 10.5. The van der Waals surface area contributed by atoms with Crippen LogP contribution in [-0.2, 0) is 0 Å². The Balaban J connectivity index is 1.55. The van der Waals surface area contributed by atoms with Crippen LogP contribution in [0.3, 0.4) is 0 Å². The molecule has 2 aliphatic carbocycles. The highest BCUT2D eigenvalue weighted by atomic mass is 35.5. The molecule has 0 spiro atoms. The van der Waals surface area contributed by atoms with Crippen LogP contribution in [-0.4, -0.2) is 22.5 Å². The predicted octanol–water partition coefficient (Wildman–Crippen LogP) is 3.69. The second-order valence-electron chi connectivity index (χ2n) is 5.95. The SMILES string of the molecule is Oc1c(Cl)cc(Cl)cc1/C=N/NC(=S)N[C@@H]1C[C@H]2CC[C@@H]1C2. The fourth-order valence-electron chi connectivity index (χ4n) is 3.47. The molecule has 1 aromatic rings. The van der Waals surface area contributed by atoms with Gasteiger partial charge in [-0.05, 0) is 55.4 Å². The molecule has 0 heterocycles. The van der Waals surface area contributed by atoms with E-state index in [4.69, 9.17) is 35.4 Å². The van der Waals surface area contributed by atoms with Crippen LogP contribution in [0.5, 0.6) is 5.75 Å². The van der Waals surface area contributed by atoms with Crippen molar-refractivity contribution in [3.8, 4) is 5.75 Å². The molecule has 2 fully saturated rings. The number of phenolic OH excluding ortho intramolecular Hbond substituents is 1. The van der Waals surface area contributed by atoms with E-state index in [1.807, 2.05) is 0 Å². The summed E-state index contributed by atoms with van der Waals surface area (Å²) >= 11 is 17.0. The summed E-state index contributed by atoms with van der Waals surface area (Å²) in [5.74, 6) is 1.55. The first kappa shape index (κ1) is 15.8. The number of thiocarbonyl (C=S) groups is 1. The molecule has 0 aliphatic heterocycles. The van der Waals surface area contributed by atoms with Crippen LogP contribution in [0, 0.1) is 11.8 Å². The van der Waals surface area contributed by atoms with E-state index in [2.05, 4.69) is 15.8 Å². The topological polar surface area (TPSA) is 56.7 Å². The van der Waals surface area contributed by atoms with Crippen LogP contribution in [0.15, 0.2) is 17.2 Å². The van der Waals surface area contributed by atoms with Crippen molar-refractivity contribution in [3.63, 3.8) is 0 Å². The normalized spacial score (nSPS) is 26.5. The molecule has 2 saturated carbocycles. The molecule has 3 rings (SSSR count). The van der Waals surface area contributed by atoms with Crippen LogP contribution in [0.2, 0.25) is 10.0 Å². The van der Waals surface area contributed by atoms with E-state index in [-0.39, 0.29) is 10.8 Å². The van der Waals surface area contributed by atoms with Crippen molar-refractivity contribution >= 4 is 46.7 Å². The van der Waals surface area contributed by atoms with Gasteiger partial charge in [-0.3, -0.25) is 5.43 Å². The first-order valence-corrected chi connectivity index (χ1v) is 8.47. The molecule has 0 aromatic heterocycles. The number of rotatable bonds is 3. The zero-order valence-electron chi connectivity index (χ0n) is 11.9. The van der Waals surface area contributed by atoms with Crippen LogP contribution in [0.25, 0.3) is 0 Å². The Morgan fingerprint density at radius 2 is 2.14 bits per heavy atom. The number of hydrazone groups is 1. The molecular formula is C15H17Cl2N3OS. The minimum Gasteiger partial charge on any atom is -0.506 e. The molecule has 0 unspecified atom stereocenters. The maximum atomic E-state index is 9.83. The van der Waals surface area contributed by atoms with E-state index in [1.165, 1.54) is 38.0 Å². The maximum absolute atomic E-state index is 9.83. The molecule has 22 heavy (non-hydrogen) atoms. The zero-order valence-corrected chi connectivity index (χ0v) is 14.2. The van der Waals surface area contributed by atoms with Gasteiger partial charge in [0.25, 0.3) is 0 Å². The van der Waals surface area contributed by atoms with Gasteiger partial charge in [0.05, 0.1) is 11.2 Å². The summed E-state index contributed by atoms with van der Waals surface area (Å²) in [6.45, 7) is 0. The number of hydrogen-bond acceptors (Lipinski definition) is 3. The maximum Gasteiger partial charge on any atom is 0.187 e. The van der Waals surface area contributed by atoms with Gasteiger partial charge in [0, 0.05) is 16.6 Å². The predicted molar refractivity (Wildman–Crippen MR) is 93.8 cm³/mol. The first-order valence-electron chi connectivity index (χ1n) is 7.30. The molecule has 1 aromatic carbocycles. The Morgan fingerprint density at radius 3 is 2.82 bits per heavy atom. The molecule has 0 radical (unpaired) electrons. The number of aromatic hydroxyl groups is 1. The van der Waals surface area contributed by atoms with Gasteiger partial charge in [-0.1, -0.05) is 29.6 Å². The van der Waals surface area contributed by atoms with Crippen LogP contribution < -0.4 is 10.7 Å². The van der Waals surface area contributed by atoms with Crippen molar-refractivity contribution < 1.29 is 5.11 Å². The van der Waals surface area contributed by atoms with E-state index in [9.17, 15) is 5.11 Å². The Hall–Kier alpha value is -1.04. The number of halogens is 2. The minimum atomic E-state index is -0.0522. The van der Waals surface area contributed by atoms with Crippen molar-refractivity contribution in [2.75, 3.05) is 0 Å². The summed E-state index contributed by atoms with van der Waals surface area (Å²) in [4.78, 5) is 0. The quantitative estimate of drug-likeness (QED) is 0.438. The number of hydrogen-bond donors (Lipinski definition) is 3. The third-order valence-corrected chi connectivity index (χ3v) is 5.20. The molecule has 0 saturated heterocycles. The van der Waals surface area contributed by atoms with Crippen LogP contribution in [0.4, 0.5) is 0 Å². The Kier molecular flexibility index (Phi) is 4.76. The van der Waals surface area contributed by atoms with Gasteiger partial charge in [-0.2, -0.15) is 5.10 Å². The van der Waals surface area contributed by atoms with E-state index in [0.29, 0.717) is 21.7 Å². The highest BCUT2D eigenvalue weighted by molar-refractivity contribution is 7.80. The van der Waals surface area contributed by atoms with Gasteiger partial charge in [0.15, 0.2) is 5.11 Å². The monoisotopic (exact) mass is 357 g/mol. The number of benzene rings is 1. The molecule has 4 nitrogen and oxygen atoms in total. The van der Waals surface area contributed by atoms with E-state index in [1.54, 1.807) is 6.07 Å². The number of phenols is 1. The average molecular weight is 358 g/mol. The fourth-order valence-corrected chi connectivity index (χ4v) is 4.18. The molecule has 7 heteroatoms. The summed E-state index contributed by atoms with van der Waals surface area (Å²) in [5, 5.41) is 18.3. The molecule has 0 amide bonds. The van der Waals surface area contributed by atoms with Crippen molar-refractivity contribution in [1.82, 2.24) is 10.7 Å². The van der Waals surface area contributed by atoms with E-state index in [0.717, 1.165) is 11.8 Å². The van der Waals surface area contributed by atoms with Crippen molar-refractivity contribution in [2.24, 2.45) is 16.9 Å². The smallest absolute Gasteiger partial charge is 0.187 e.